The van der Waals surface area contributed by atoms with Gasteiger partial charge >= 0.3 is 0 Å². The van der Waals surface area contributed by atoms with Gasteiger partial charge in [-0.15, -0.1) is 0 Å². The van der Waals surface area contributed by atoms with Gasteiger partial charge in [-0.2, -0.15) is 10.2 Å². The van der Waals surface area contributed by atoms with E-state index in [1.54, 1.807) is 6.07 Å². The number of nitrogens with one attached hydrogen (secondary N) is 1. The van der Waals surface area contributed by atoms with Crippen molar-refractivity contribution in [3.63, 3.8) is 0 Å². The Balaban J connectivity index is 1.84. The van der Waals surface area contributed by atoms with Gasteiger partial charge in [-0.25, -0.2) is 0 Å². The first-order valence-electron chi connectivity index (χ1n) is 5.96. The predicted octanol–water partition coefficient (Wildman–Crippen LogP) is 2.16. The fraction of sp³-hybridized carbons (Fsp3) is 0.583. The molecule has 92 valence electrons. The molecule has 0 bridgehead atoms. The lowest BCUT2D eigenvalue weighted by atomic mass is 9.89. The number of nitrogens with zero attached hydrogens (tertiary/aromatic N) is 2. The number of hydrogen-bond acceptors (Lipinski definition) is 3. The molecule has 1 aliphatic rings. The molecule has 0 aromatic carbocycles. The van der Waals surface area contributed by atoms with Crippen molar-refractivity contribution in [1.29, 1.82) is 0 Å². The second-order valence-electron chi connectivity index (χ2n) is 4.40. The number of halogens is 1. The van der Waals surface area contributed by atoms with E-state index in [1.165, 1.54) is 38.1 Å². The topological polar surface area (TPSA) is 54.9 Å². The van der Waals surface area contributed by atoms with E-state index in [-0.39, 0.29) is 5.91 Å². The zero-order valence-corrected chi connectivity index (χ0v) is 11.2. The minimum Gasteiger partial charge on any atom is -0.352 e. The molecule has 5 heteroatoms. The smallest absolute Gasteiger partial charge is 0.252 e. The van der Waals surface area contributed by atoms with Gasteiger partial charge in [0, 0.05) is 11.4 Å². The summed E-state index contributed by atoms with van der Waals surface area (Å²) in [5, 5.41) is 10.3. The Hall–Kier alpha value is -0.970. The maximum Gasteiger partial charge on any atom is 0.252 e. The van der Waals surface area contributed by atoms with Crippen molar-refractivity contribution in [2.45, 2.75) is 30.5 Å². The second-order valence-corrected chi connectivity index (χ2v) is 5.58. The quantitative estimate of drug-likeness (QED) is 0.870. The predicted molar refractivity (Wildman–Crippen MR) is 69.0 cm³/mol. The Morgan fingerprint density at radius 2 is 2.24 bits per heavy atom. The fourth-order valence-electron chi connectivity index (χ4n) is 2.14. The van der Waals surface area contributed by atoms with E-state index in [9.17, 15) is 4.79 Å². The van der Waals surface area contributed by atoms with Crippen LogP contribution in [0.3, 0.4) is 0 Å². The Morgan fingerprint density at radius 3 is 2.94 bits per heavy atom. The summed E-state index contributed by atoms with van der Waals surface area (Å²) < 4.78 is 0. The van der Waals surface area contributed by atoms with E-state index in [2.05, 4.69) is 31.4 Å². The molecule has 1 aliphatic carbocycles. The third kappa shape index (κ3) is 3.49. The summed E-state index contributed by atoms with van der Waals surface area (Å²) >= 11 is 3.69. The van der Waals surface area contributed by atoms with Crippen LogP contribution in [-0.4, -0.2) is 27.5 Å². The molecule has 1 aromatic heterocycles. The Bertz CT molecular complexity index is 371. The van der Waals surface area contributed by atoms with Crippen LogP contribution in [0.5, 0.6) is 0 Å². The highest BCUT2D eigenvalue weighted by atomic mass is 79.9. The van der Waals surface area contributed by atoms with Crippen LogP contribution in [0.1, 0.15) is 36.0 Å². The van der Waals surface area contributed by atoms with Crippen molar-refractivity contribution < 1.29 is 4.79 Å². The first-order chi connectivity index (χ1) is 8.27. The Labute approximate surface area is 109 Å². The molecule has 1 amide bonds. The highest BCUT2D eigenvalue weighted by molar-refractivity contribution is 9.09. The lowest BCUT2D eigenvalue weighted by molar-refractivity contribution is 0.0944. The molecular weight excluding hydrogens is 282 g/mol. The van der Waals surface area contributed by atoms with Crippen LogP contribution < -0.4 is 5.32 Å². The summed E-state index contributed by atoms with van der Waals surface area (Å²) in [7, 11) is 0. The molecule has 0 radical (unpaired) electrons. The van der Waals surface area contributed by atoms with Crippen molar-refractivity contribution >= 4 is 21.8 Å². The van der Waals surface area contributed by atoms with Crippen molar-refractivity contribution in [2.75, 3.05) is 6.54 Å². The van der Waals surface area contributed by atoms with E-state index >= 15 is 0 Å². The van der Waals surface area contributed by atoms with E-state index in [0.717, 1.165) is 6.54 Å². The molecule has 0 spiro atoms. The van der Waals surface area contributed by atoms with Crippen LogP contribution in [0.4, 0.5) is 0 Å². The van der Waals surface area contributed by atoms with Gasteiger partial charge in [0.05, 0.1) is 18.0 Å². The third-order valence-corrected chi connectivity index (χ3v) is 4.39. The number of rotatable bonds is 3. The summed E-state index contributed by atoms with van der Waals surface area (Å²) in [5.41, 5.74) is 0.571. The molecule has 1 N–H and O–H groups in total. The van der Waals surface area contributed by atoms with Crippen LogP contribution in [-0.2, 0) is 0 Å². The summed E-state index contributed by atoms with van der Waals surface area (Å²) in [6, 6.07) is 1.68. The van der Waals surface area contributed by atoms with Gasteiger partial charge in [0.2, 0.25) is 0 Å². The molecular formula is C12H16BrN3O. The normalized spacial score (nSPS) is 24.3. The SMILES string of the molecule is O=C(NCC1CCCCC1Br)c1ccnnc1. The average molecular weight is 298 g/mol. The van der Waals surface area contributed by atoms with E-state index < -0.39 is 0 Å². The summed E-state index contributed by atoms with van der Waals surface area (Å²) in [6.45, 7) is 0.733. The van der Waals surface area contributed by atoms with E-state index in [4.69, 9.17) is 0 Å². The number of amides is 1. The number of aromatic nitrogens is 2. The molecule has 2 atom stereocenters. The minimum absolute atomic E-state index is 0.0647. The maximum atomic E-state index is 11.8. The van der Waals surface area contributed by atoms with Gasteiger partial charge in [-0.3, -0.25) is 4.79 Å². The van der Waals surface area contributed by atoms with E-state index in [0.29, 0.717) is 16.3 Å². The molecule has 1 heterocycles. The van der Waals surface area contributed by atoms with Gasteiger partial charge in [-0.05, 0) is 24.8 Å². The van der Waals surface area contributed by atoms with Gasteiger partial charge in [0.25, 0.3) is 5.91 Å². The van der Waals surface area contributed by atoms with Crippen LogP contribution in [0.15, 0.2) is 18.5 Å². The molecule has 1 aromatic rings. The standard InChI is InChI=1S/C12H16BrN3O/c13-11-4-2-1-3-9(11)7-14-12(17)10-5-6-15-16-8-10/h5-6,8-9,11H,1-4,7H2,(H,14,17). The molecule has 2 unspecified atom stereocenters. The van der Waals surface area contributed by atoms with Crippen molar-refractivity contribution in [1.82, 2.24) is 15.5 Å². The molecule has 0 aliphatic heterocycles. The summed E-state index contributed by atoms with van der Waals surface area (Å²) in [6.07, 6.45) is 7.96. The minimum atomic E-state index is -0.0647. The fourth-order valence-corrected chi connectivity index (χ4v) is 2.92. The molecule has 0 saturated heterocycles. The van der Waals surface area contributed by atoms with E-state index in [1.807, 2.05) is 0 Å². The molecule has 4 nitrogen and oxygen atoms in total. The highest BCUT2D eigenvalue weighted by Crippen LogP contribution is 2.29. The maximum absolute atomic E-state index is 11.8. The number of hydrogen-bond donors (Lipinski definition) is 1. The Kier molecular flexibility index (Phi) is 4.48. The third-order valence-electron chi connectivity index (χ3n) is 3.19. The average Bonchev–Trinajstić information content (AvgIpc) is 2.38. The number of carbonyl (C=O) groups excluding carboxylic acids is 1. The van der Waals surface area contributed by atoms with Crippen LogP contribution in [0, 0.1) is 5.92 Å². The van der Waals surface area contributed by atoms with Crippen LogP contribution >= 0.6 is 15.9 Å². The first kappa shape index (κ1) is 12.5. The largest absolute Gasteiger partial charge is 0.352 e. The van der Waals surface area contributed by atoms with Crippen LogP contribution in [0.25, 0.3) is 0 Å². The first-order valence-corrected chi connectivity index (χ1v) is 6.88. The Morgan fingerprint density at radius 1 is 1.41 bits per heavy atom. The van der Waals surface area contributed by atoms with Crippen LogP contribution in [0.2, 0.25) is 0 Å². The molecule has 2 rings (SSSR count). The molecule has 1 saturated carbocycles. The van der Waals surface area contributed by atoms with Gasteiger partial charge in [0.1, 0.15) is 0 Å². The number of alkyl halides is 1. The summed E-state index contributed by atoms with van der Waals surface area (Å²) in [5.74, 6) is 0.479. The van der Waals surface area contributed by atoms with Gasteiger partial charge < -0.3 is 5.32 Å². The van der Waals surface area contributed by atoms with Crippen molar-refractivity contribution in [3.05, 3.63) is 24.0 Å². The zero-order valence-electron chi connectivity index (χ0n) is 9.60. The second kappa shape index (κ2) is 6.10. The zero-order chi connectivity index (χ0) is 12.1. The van der Waals surface area contributed by atoms with Gasteiger partial charge in [-0.1, -0.05) is 28.8 Å². The summed E-state index contributed by atoms with van der Waals surface area (Å²) in [4.78, 5) is 12.3. The lowest BCUT2D eigenvalue weighted by Gasteiger charge is -2.27. The van der Waals surface area contributed by atoms with Crippen molar-refractivity contribution in [3.8, 4) is 0 Å². The highest BCUT2D eigenvalue weighted by Gasteiger charge is 2.23. The molecule has 17 heavy (non-hydrogen) atoms. The van der Waals surface area contributed by atoms with Gasteiger partial charge in [0.15, 0.2) is 0 Å². The molecule has 1 fully saturated rings. The van der Waals surface area contributed by atoms with Crippen molar-refractivity contribution in [2.24, 2.45) is 5.92 Å². The number of carbonyl (C=O) groups is 1. The monoisotopic (exact) mass is 297 g/mol. The lowest BCUT2D eigenvalue weighted by Crippen LogP contribution is -2.34.